The molecule has 0 saturated heterocycles. The number of methoxy groups -OCH3 is 1. The highest BCUT2D eigenvalue weighted by Gasteiger charge is 2.09. The molecule has 2 rings (SSSR count). The van der Waals surface area contributed by atoms with E-state index in [2.05, 4.69) is 15.8 Å². The van der Waals surface area contributed by atoms with Gasteiger partial charge in [-0.1, -0.05) is 18.2 Å². The number of benzene rings is 1. The molecule has 0 saturated carbocycles. The standard InChI is InChI=1S/C15H17N3O3/c1-21-13-7-3-2-5-11(13)8-9-14(19)17-18-15(20)12-6-4-10-16-12/h2-7,10,16H,8-9H2,1H3,(H,17,19)(H,18,20). The summed E-state index contributed by atoms with van der Waals surface area (Å²) in [5.41, 5.74) is 6.07. The first-order chi connectivity index (χ1) is 10.2. The van der Waals surface area contributed by atoms with Crippen molar-refractivity contribution in [3.8, 4) is 5.75 Å². The molecule has 1 aromatic heterocycles. The van der Waals surface area contributed by atoms with Crippen molar-refractivity contribution >= 4 is 11.8 Å². The summed E-state index contributed by atoms with van der Waals surface area (Å²) in [5.74, 6) is 0.104. The number of aromatic nitrogens is 1. The molecule has 0 bridgehead atoms. The lowest BCUT2D eigenvalue weighted by Crippen LogP contribution is -2.41. The first kappa shape index (κ1) is 14.6. The van der Waals surface area contributed by atoms with Crippen molar-refractivity contribution in [2.24, 2.45) is 0 Å². The fraction of sp³-hybridized carbons (Fsp3) is 0.200. The lowest BCUT2D eigenvalue weighted by atomic mass is 10.1. The van der Waals surface area contributed by atoms with Crippen LogP contribution in [-0.2, 0) is 11.2 Å². The second-order valence-electron chi connectivity index (χ2n) is 4.40. The predicted molar refractivity (Wildman–Crippen MR) is 77.7 cm³/mol. The van der Waals surface area contributed by atoms with Crippen LogP contribution in [0, 0.1) is 0 Å². The summed E-state index contributed by atoms with van der Waals surface area (Å²) < 4.78 is 5.22. The Labute approximate surface area is 122 Å². The number of amides is 2. The molecule has 1 aromatic carbocycles. The topological polar surface area (TPSA) is 83.2 Å². The van der Waals surface area contributed by atoms with Gasteiger partial charge in [-0.05, 0) is 30.2 Å². The molecule has 0 aliphatic heterocycles. The van der Waals surface area contributed by atoms with Gasteiger partial charge < -0.3 is 9.72 Å². The Morgan fingerprint density at radius 2 is 1.95 bits per heavy atom. The maximum atomic E-state index is 11.7. The third-order valence-corrected chi connectivity index (χ3v) is 2.97. The molecule has 110 valence electrons. The van der Waals surface area contributed by atoms with Crippen LogP contribution in [0.15, 0.2) is 42.6 Å². The van der Waals surface area contributed by atoms with Gasteiger partial charge in [0, 0.05) is 12.6 Å². The van der Waals surface area contributed by atoms with Crippen LogP contribution < -0.4 is 15.6 Å². The quantitative estimate of drug-likeness (QED) is 0.727. The first-order valence-electron chi connectivity index (χ1n) is 6.55. The number of nitrogens with one attached hydrogen (secondary N) is 3. The maximum Gasteiger partial charge on any atom is 0.286 e. The van der Waals surface area contributed by atoms with Crippen LogP contribution in [0.25, 0.3) is 0 Å². The Balaban J connectivity index is 1.78. The minimum Gasteiger partial charge on any atom is -0.496 e. The largest absolute Gasteiger partial charge is 0.496 e. The van der Waals surface area contributed by atoms with Crippen molar-refractivity contribution in [1.29, 1.82) is 0 Å². The van der Waals surface area contributed by atoms with Gasteiger partial charge in [0.1, 0.15) is 11.4 Å². The van der Waals surface area contributed by atoms with Gasteiger partial charge in [-0.25, -0.2) is 0 Å². The number of aromatic amines is 1. The molecule has 2 amide bonds. The second kappa shape index (κ2) is 7.14. The van der Waals surface area contributed by atoms with Crippen LogP contribution >= 0.6 is 0 Å². The summed E-state index contributed by atoms with van der Waals surface area (Å²) >= 11 is 0. The smallest absolute Gasteiger partial charge is 0.286 e. The third kappa shape index (κ3) is 4.10. The Bertz CT molecular complexity index is 608. The van der Waals surface area contributed by atoms with E-state index in [0.717, 1.165) is 11.3 Å². The van der Waals surface area contributed by atoms with Crippen LogP contribution in [0.1, 0.15) is 22.5 Å². The number of carbonyl (C=O) groups excluding carboxylic acids is 2. The van der Waals surface area contributed by atoms with E-state index in [0.29, 0.717) is 12.1 Å². The van der Waals surface area contributed by atoms with Gasteiger partial charge in [0.15, 0.2) is 0 Å². The zero-order valence-corrected chi connectivity index (χ0v) is 11.7. The Kier molecular flexibility index (Phi) is 4.98. The molecule has 0 spiro atoms. The molecule has 6 nitrogen and oxygen atoms in total. The highest BCUT2D eigenvalue weighted by Crippen LogP contribution is 2.18. The number of hydrogen-bond donors (Lipinski definition) is 3. The van der Waals surface area contributed by atoms with Gasteiger partial charge in [0.05, 0.1) is 7.11 Å². The summed E-state index contributed by atoms with van der Waals surface area (Å²) in [4.78, 5) is 26.1. The molecule has 0 unspecified atom stereocenters. The van der Waals surface area contributed by atoms with Crippen molar-refractivity contribution in [1.82, 2.24) is 15.8 Å². The minimum absolute atomic E-state index is 0.255. The molecule has 3 N–H and O–H groups in total. The predicted octanol–water partition coefficient (Wildman–Crippen LogP) is 1.42. The van der Waals surface area contributed by atoms with Crippen molar-refractivity contribution in [3.05, 3.63) is 53.9 Å². The SMILES string of the molecule is COc1ccccc1CCC(=O)NNC(=O)c1ccc[nH]1. The molecule has 0 atom stereocenters. The van der Waals surface area contributed by atoms with E-state index in [1.54, 1.807) is 25.4 Å². The monoisotopic (exact) mass is 287 g/mol. The van der Waals surface area contributed by atoms with Gasteiger partial charge in [0.2, 0.25) is 5.91 Å². The first-order valence-corrected chi connectivity index (χ1v) is 6.55. The van der Waals surface area contributed by atoms with E-state index in [1.165, 1.54) is 0 Å². The molecule has 21 heavy (non-hydrogen) atoms. The Morgan fingerprint density at radius 1 is 1.14 bits per heavy atom. The molecular formula is C15H17N3O3. The third-order valence-electron chi connectivity index (χ3n) is 2.97. The number of carbonyl (C=O) groups is 2. The van der Waals surface area contributed by atoms with Crippen molar-refractivity contribution < 1.29 is 14.3 Å². The van der Waals surface area contributed by atoms with Crippen LogP contribution in [-0.4, -0.2) is 23.9 Å². The van der Waals surface area contributed by atoms with Gasteiger partial charge >= 0.3 is 0 Å². The van der Waals surface area contributed by atoms with Crippen molar-refractivity contribution in [2.75, 3.05) is 7.11 Å². The zero-order chi connectivity index (χ0) is 15.1. The van der Waals surface area contributed by atoms with E-state index >= 15 is 0 Å². The van der Waals surface area contributed by atoms with Crippen LogP contribution in [0.4, 0.5) is 0 Å². The van der Waals surface area contributed by atoms with Gasteiger partial charge in [-0.15, -0.1) is 0 Å². The molecule has 0 radical (unpaired) electrons. The highest BCUT2D eigenvalue weighted by molar-refractivity contribution is 5.93. The normalized spacial score (nSPS) is 9.95. The number of H-pyrrole nitrogens is 1. The maximum absolute atomic E-state index is 11.7. The number of hydrogen-bond acceptors (Lipinski definition) is 3. The number of para-hydroxylation sites is 1. The number of rotatable bonds is 5. The van der Waals surface area contributed by atoms with Gasteiger partial charge in [-0.2, -0.15) is 0 Å². The fourth-order valence-electron chi connectivity index (χ4n) is 1.89. The molecule has 0 aliphatic rings. The Hall–Kier alpha value is -2.76. The number of aryl methyl sites for hydroxylation is 1. The summed E-state index contributed by atoms with van der Waals surface area (Å²) in [5, 5.41) is 0. The van der Waals surface area contributed by atoms with E-state index in [1.807, 2.05) is 24.3 Å². The summed E-state index contributed by atoms with van der Waals surface area (Å²) in [6.07, 6.45) is 2.43. The molecule has 6 heteroatoms. The average molecular weight is 287 g/mol. The lowest BCUT2D eigenvalue weighted by molar-refractivity contribution is -0.121. The molecule has 0 fully saturated rings. The van der Waals surface area contributed by atoms with E-state index in [9.17, 15) is 9.59 Å². The Morgan fingerprint density at radius 3 is 2.67 bits per heavy atom. The number of ether oxygens (including phenoxy) is 1. The molecule has 2 aromatic rings. The van der Waals surface area contributed by atoms with Gasteiger partial charge in [-0.3, -0.25) is 20.4 Å². The van der Waals surface area contributed by atoms with E-state index in [4.69, 9.17) is 4.74 Å². The molecule has 0 aliphatic carbocycles. The van der Waals surface area contributed by atoms with Crippen molar-refractivity contribution in [2.45, 2.75) is 12.8 Å². The summed E-state index contributed by atoms with van der Waals surface area (Å²) in [7, 11) is 1.59. The summed E-state index contributed by atoms with van der Waals surface area (Å²) in [6.45, 7) is 0. The minimum atomic E-state index is -0.384. The van der Waals surface area contributed by atoms with Crippen LogP contribution in [0.3, 0.4) is 0 Å². The fourth-order valence-corrected chi connectivity index (χ4v) is 1.89. The highest BCUT2D eigenvalue weighted by atomic mass is 16.5. The zero-order valence-electron chi connectivity index (χ0n) is 11.7. The van der Waals surface area contributed by atoms with Crippen molar-refractivity contribution in [3.63, 3.8) is 0 Å². The number of hydrazine groups is 1. The van der Waals surface area contributed by atoms with E-state index in [-0.39, 0.29) is 18.2 Å². The van der Waals surface area contributed by atoms with Crippen LogP contribution in [0.2, 0.25) is 0 Å². The summed E-state index contributed by atoms with van der Waals surface area (Å²) in [6, 6.07) is 10.8. The molecular weight excluding hydrogens is 270 g/mol. The van der Waals surface area contributed by atoms with E-state index < -0.39 is 0 Å². The second-order valence-corrected chi connectivity index (χ2v) is 4.40. The lowest BCUT2D eigenvalue weighted by Gasteiger charge is -2.09. The molecule has 1 heterocycles. The average Bonchev–Trinajstić information content (AvgIpc) is 3.05. The van der Waals surface area contributed by atoms with Gasteiger partial charge in [0.25, 0.3) is 5.91 Å². The van der Waals surface area contributed by atoms with Crippen LogP contribution in [0.5, 0.6) is 5.75 Å².